The Morgan fingerprint density at radius 1 is 1.17 bits per heavy atom. The lowest BCUT2D eigenvalue weighted by Gasteiger charge is -1.95. The highest BCUT2D eigenvalue weighted by Gasteiger charge is 1.93. The van der Waals surface area contributed by atoms with Crippen molar-refractivity contribution in [2.75, 3.05) is 0 Å². The van der Waals surface area contributed by atoms with E-state index in [0.29, 0.717) is 10.0 Å². The Morgan fingerprint density at radius 3 is 2.25 bits per heavy atom. The fraction of sp³-hybridized carbons (Fsp3) is 0. The number of rotatable bonds is 2. The van der Waals surface area contributed by atoms with Crippen LogP contribution < -0.4 is 0 Å². The van der Waals surface area contributed by atoms with Gasteiger partial charge in [0.1, 0.15) is 0 Å². The summed E-state index contributed by atoms with van der Waals surface area (Å²) in [5, 5.41) is 3.24. The fourth-order valence-electron chi connectivity index (χ4n) is 0.810. The summed E-state index contributed by atoms with van der Waals surface area (Å²) >= 11 is 12.6. The molecule has 64 valence electrons. The standard InChI is InChI=1S/C9H8Cl2S/c1-12-3-2-7-4-8(10)6-9(11)5-7/h2-6,12H,1H2/b3-2+. The Bertz CT molecular complexity index is 298. The third kappa shape index (κ3) is 3.02. The minimum absolute atomic E-state index is 0.655. The molecule has 0 heterocycles. The zero-order valence-corrected chi connectivity index (χ0v) is 8.70. The van der Waals surface area contributed by atoms with Crippen LogP contribution in [0.2, 0.25) is 10.0 Å². The SMILES string of the molecule is C=[SH]/C=C/c1cc(Cl)cc(Cl)c1. The van der Waals surface area contributed by atoms with Crippen LogP contribution in [-0.2, 0) is 0 Å². The van der Waals surface area contributed by atoms with Gasteiger partial charge in [0.05, 0.1) is 0 Å². The maximum atomic E-state index is 5.79. The van der Waals surface area contributed by atoms with Gasteiger partial charge in [0, 0.05) is 10.0 Å². The van der Waals surface area contributed by atoms with Crippen LogP contribution in [0.4, 0.5) is 0 Å². The molecule has 0 amide bonds. The molecular weight excluding hydrogens is 211 g/mol. The molecule has 0 aliphatic heterocycles. The molecule has 1 aromatic rings. The smallest absolute Gasteiger partial charge is 0.0426 e. The molecule has 0 atom stereocenters. The van der Waals surface area contributed by atoms with Gasteiger partial charge < -0.3 is 0 Å². The molecule has 1 aromatic carbocycles. The van der Waals surface area contributed by atoms with Crippen LogP contribution in [0.15, 0.2) is 23.6 Å². The van der Waals surface area contributed by atoms with Crippen LogP contribution in [0.5, 0.6) is 0 Å². The van der Waals surface area contributed by atoms with E-state index in [-0.39, 0.29) is 0 Å². The Kier molecular flexibility index (Phi) is 3.86. The van der Waals surface area contributed by atoms with Crippen molar-refractivity contribution >= 4 is 46.5 Å². The first-order chi connectivity index (χ1) is 5.72. The topological polar surface area (TPSA) is 0 Å². The van der Waals surface area contributed by atoms with Gasteiger partial charge in [-0.2, -0.15) is 11.4 Å². The lowest BCUT2D eigenvalue weighted by atomic mass is 10.2. The quantitative estimate of drug-likeness (QED) is 0.566. The monoisotopic (exact) mass is 218 g/mol. The van der Waals surface area contributed by atoms with E-state index in [9.17, 15) is 0 Å². The van der Waals surface area contributed by atoms with Gasteiger partial charge in [0.2, 0.25) is 0 Å². The lowest BCUT2D eigenvalue weighted by Crippen LogP contribution is -1.72. The van der Waals surface area contributed by atoms with Crippen molar-refractivity contribution in [3.8, 4) is 0 Å². The summed E-state index contributed by atoms with van der Waals surface area (Å²) in [5.41, 5.74) is 1.00. The highest BCUT2D eigenvalue weighted by atomic mass is 35.5. The Hall–Kier alpha value is -0.240. The maximum Gasteiger partial charge on any atom is 0.0426 e. The largest absolute Gasteiger partial charge is 0.184 e. The molecule has 0 fully saturated rings. The molecule has 0 aromatic heterocycles. The summed E-state index contributed by atoms with van der Waals surface area (Å²) < 4.78 is 0. The second kappa shape index (κ2) is 4.70. The molecule has 0 aliphatic carbocycles. The van der Waals surface area contributed by atoms with Gasteiger partial charge in [0.25, 0.3) is 0 Å². The zero-order chi connectivity index (χ0) is 8.97. The second-order valence-corrected chi connectivity index (χ2v) is 3.74. The van der Waals surface area contributed by atoms with Crippen molar-refractivity contribution < 1.29 is 0 Å². The Morgan fingerprint density at radius 2 is 1.75 bits per heavy atom. The van der Waals surface area contributed by atoms with E-state index in [0.717, 1.165) is 16.9 Å². The minimum atomic E-state index is 0.655. The van der Waals surface area contributed by atoms with Gasteiger partial charge in [-0.1, -0.05) is 29.1 Å². The van der Waals surface area contributed by atoms with E-state index in [1.807, 2.05) is 23.6 Å². The van der Waals surface area contributed by atoms with Crippen LogP contribution in [0, 0.1) is 0 Å². The first-order valence-corrected chi connectivity index (χ1v) is 5.21. The average molecular weight is 219 g/mol. The molecule has 0 unspecified atom stereocenters. The first-order valence-electron chi connectivity index (χ1n) is 3.31. The summed E-state index contributed by atoms with van der Waals surface area (Å²) in [6.07, 6.45) is 1.94. The molecule has 0 saturated carbocycles. The second-order valence-electron chi connectivity index (χ2n) is 2.20. The summed E-state index contributed by atoms with van der Waals surface area (Å²) in [5.74, 6) is 3.67. The Balaban J connectivity index is 3.00. The minimum Gasteiger partial charge on any atom is -0.184 e. The number of hydrogen-bond acceptors (Lipinski definition) is 0. The van der Waals surface area contributed by atoms with Gasteiger partial charge in [-0.05, 0) is 35.2 Å². The highest BCUT2D eigenvalue weighted by molar-refractivity contribution is 7.99. The molecule has 0 saturated heterocycles. The van der Waals surface area contributed by atoms with Crippen LogP contribution >= 0.6 is 34.6 Å². The van der Waals surface area contributed by atoms with E-state index >= 15 is 0 Å². The summed E-state index contributed by atoms with van der Waals surface area (Å²) in [6.45, 7) is 0. The number of hydrogen-bond donors (Lipinski definition) is 1. The van der Waals surface area contributed by atoms with Crippen LogP contribution in [0.1, 0.15) is 5.56 Å². The molecule has 3 heteroatoms. The molecule has 12 heavy (non-hydrogen) atoms. The molecule has 0 N–H and O–H groups in total. The van der Waals surface area contributed by atoms with Gasteiger partial charge >= 0.3 is 0 Å². The predicted molar refractivity (Wildman–Crippen MR) is 61.6 cm³/mol. The molecule has 0 aliphatic rings. The van der Waals surface area contributed by atoms with Crippen molar-refractivity contribution in [2.24, 2.45) is 0 Å². The van der Waals surface area contributed by atoms with E-state index in [1.165, 1.54) is 0 Å². The van der Waals surface area contributed by atoms with Crippen molar-refractivity contribution in [1.29, 1.82) is 0 Å². The van der Waals surface area contributed by atoms with Crippen LogP contribution in [0.3, 0.4) is 0 Å². The molecule has 0 nitrogen and oxygen atoms in total. The maximum absolute atomic E-state index is 5.79. The molecule has 1 rings (SSSR count). The number of thiol groups is 1. The van der Waals surface area contributed by atoms with Gasteiger partial charge in [-0.25, -0.2) is 0 Å². The highest BCUT2D eigenvalue weighted by Crippen LogP contribution is 2.19. The summed E-state index contributed by atoms with van der Waals surface area (Å²) in [4.78, 5) is 0. The van der Waals surface area contributed by atoms with Crippen molar-refractivity contribution in [2.45, 2.75) is 0 Å². The van der Waals surface area contributed by atoms with E-state index in [2.05, 4.69) is 5.87 Å². The molecular formula is C9H8Cl2S. The van der Waals surface area contributed by atoms with Crippen molar-refractivity contribution in [3.63, 3.8) is 0 Å². The summed E-state index contributed by atoms with van der Waals surface area (Å²) in [7, 11) is 0. The lowest BCUT2D eigenvalue weighted by molar-refractivity contribution is 1.66. The molecule has 0 radical (unpaired) electrons. The van der Waals surface area contributed by atoms with Crippen LogP contribution in [0.25, 0.3) is 6.08 Å². The van der Waals surface area contributed by atoms with E-state index in [1.54, 1.807) is 6.07 Å². The van der Waals surface area contributed by atoms with E-state index in [4.69, 9.17) is 23.2 Å². The van der Waals surface area contributed by atoms with Gasteiger partial charge in [-0.15, -0.1) is 0 Å². The average Bonchev–Trinajstić information content (AvgIpc) is 1.99. The number of halogens is 2. The molecule has 0 bridgehead atoms. The van der Waals surface area contributed by atoms with Crippen molar-refractivity contribution in [3.05, 3.63) is 39.2 Å². The van der Waals surface area contributed by atoms with Crippen molar-refractivity contribution in [1.82, 2.24) is 0 Å². The normalized spacial score (nSPS) is 10.8. The fourth-order valence-corrected chi connectivity index (χ4v) is 1.63. The first kappa shape index (κ1) is 9.85. The molecule has 0 spiro atoms. The third-order valence-corrected chi connectivity index (χ3v) is 2.05. The van der Waals surface area contributed by atoms with E-state index < -0.39 is 0 Å². The van der Waals surface area contributed by atoms with Gasteiger partial charge in [0.15, 0.2) is 0 Å². The van der Waals surface area contributed by atoms with Gasteiger partial charge in [-0.3, -0.25) is 0 Å². The summed E-state index contributed by atoms with van der Waals surface area (Å²) in [6, 6.07) is 5.42. The Labute approximate surface area is 85.8 Å². The number of benzene rings is 1. The predicted octanol–water partition coefficient (Wildman–Crippen LogP) is 3.86. The zero-order valence-electron chi connectivity index (χ0n) is 6.30. The van der Waals surface area contributed by atoms with Crippen LogP contribution in [-0.4, -0.2) is 5.87 Å². The third-order valence-electron chi connectivity index (χ3n) is 1.26.